The highest BCUT2D eigenvalue weighted by Crippen LogP contribution is 2.13. The number of aromatic nitrogens is 4. The Morgan fingerprint density at radius 1 is 1.35 bits per heavy atom. The Labute approximate surface area is 115 Å². The van der Waals surface area contributed by atoms with Gasteiger partial charge < -0.3 is 10.3 Å². The minimum Gasteiger partial charge on any atom is -0.361 e. The van der Waals surface area contributed by atoms with Crippen LogP contribution in [0.3, 0.4) is 0 Å². The van der Waals surface area contributed by atoms with Gasteiger partial charge in [-0.3, -0.25) is 9.48 Å². The van der Waals surface area contributed by atoms with Crippen LogP contribution in [-0.2, 0) is 6.54 Å². The minimum absolute atomic E-state index is 0.0555. The van der Waals surface area contributed by atoms with Crippen molar-refractivity contribution >= 4 is 16.8 Å². The number of nitrogens with one attached hydrogen (secondary N) is 2. The zero-order chi connectivity index (χ0) is 13.8. The van der Waals surface area contributed by atoms with Crippen LogP contribution in [0.1, 0.15) is 16.8 Å². The number of fused-ring (bicyclic) bond motifs is 1. The fraction of sp³-hybridized carbons (Fsp3) is 0.214. The lowest BCUT2D eigenvalue weighted by Gasteiger charge is -2.05. The van der Waals surface area contributed by atoms with E-state index in [1.165, 1.54) is 0 Å². The molecule has 3 aromatic rings. The Bertz CT molecular complexity index is 701. The van der Waals surface area contributed by atoms with Gasteiger partial charge in [0, 0.05) is 36.6 Å². The first-order valence-corrected chi connectivity index (χ1v) is 6.52. The van der Waals surface area contributed by atoms with Crippen LogP contribution < -0.4 is 5.32 Å². The van der Waals surface area contributed by atoms with Gasteiger partial charge in [0.15, 0.2) is 0 Å². The molecule has 0 unspecified atom stereocenters. The molecule has 20 heavy (non-hydrogen) atoms. The molecule has 0 aliphatic heterocycles. The Morgan fingerprint density at radius 2 is 2.30 bits per heavy atom. The Morgan fingerprint density at radius 3 is 3.15 bits per heavy atom. The number of H-pyrrole nitrogens is 1. The van der Waals surface area contributed by atoms with Gasteiger partial charge in [0.1, 0.15) is 0 Å². The molecular formula is C14H15N5O. The average Bonchev–Trinajstić information content (AvgIpc) is 3.13. The van der Waals surface area contributed by atoms with Gasteiger partial charge in [-0.1, -0.05) is 11.3 Å². The van der Waals surface area contributed by atoms with E-state index in [0.29, 0.717) is 12.1 Å². The van der Waals surface area contributed by atoms with Gasteiger partial charge >= 0.3 is 0 Å². The molecule has 1 aromatic carbocycles. The summed E-state index contributed by atoms with van der Waals surface area (Å²) in [6.45, 7) is 1.36. The van der Waals surface area contributed by atoms with Crippen LogP contribution in [0.5, 0.6) is 0 Å². The molecule has 3 rings (SSSR count). The molecule has 0 fully saturated rings. The van der Waals surface area contributed by atoms with Gasteiger partial charge in [0.2, 0.25) is 0 Å². The SMILES string of the molecule is O=C(NCCCn1ccnn1)c1ccc2cc[nH]c2c1. The molecule has 0 aliphatic carbocycles. The van der Waals surface area contributed by atoms with Gasteiger partial charge in [-0.2, -0.15) is 0 Å². The predicted molar refractivity (Wildman–Crippen MR) is 75.3 cm³/mol. The van der Waals surface area contributed by atoms with Crippen LogP contribution in [0.15, 0.2) is 42.9 Å². The first kappa shape index (κ1) is 12.4. The molecule has 2 aromatic heterocycles. The maximum atomic E-state index is 12.0. The molecular weight excluding hydrogens is 254 g/mol. The highest BCUT2D eigenvalue weighted by molar-refractivity contribution is 5.97. The first-order chi connectivity index (χ1) is 9.83. The third kappa shape index (κ3) is 2.69. The number of amides is 1. The molecule has 6 heteroatoms. The van der Waals surface area contributed by atoms with Crippen LogP contribution in [0.2, 0.25) is 0 Å². The summed E-state index contributed by atoms with van der Waals surface area (Å²) in [7, 11) is 0. The number of benzene rings is 1. The summed E-state index contributed by atoms with van der Waals surface area (Å²) in [5, 5.41) is 11.6. The third-order valence-electron chi connectivity index (χ3n) is 3.14. The summed E-state index contributed by atoms with van der Waals surface area (Å²) < 4.78 is 1.75. The van der Waals surface area contributed by atoms with Crippen molar-refractivity contribution in [2.45, 2.75) is 13.0 Å². The summed E-state index contributed by atoms with van der Waals surface area (Å²) >= 11 is 0. The molecule has 0 spiro atoms. The largest absolute Gasteiger partial charge is 0.361 e. The van der Waals surface area contributed by atoms with Gasteiger partial charge in [0.05, 0.1) is 6.20 Å². The fourth-order valence-corrected chi connectivity index (χ4v) is 2.09. The lowest BCUT2D eigenvalue weighted by Crippen LogP contribution is -2.25. The molecule has 2 heterocycles. The lowest BCUT2D eigenvalue weighted by atomic mass is 10.1. The van der Waals surface area contributed by atoms with Crippen molar-refractivity contribution in [1.82, 2.24) is 25.3 Å². The Balaban J connectivity index is 1.53. The number of hydrogen-bond donors (Lipinski definition) is 2. The number of carbonyl (C=O) groups excluding carboxylic acids is 1. The van der Waals surface area contributed by atoms with E-state index in [0.717, 1.165) is 23.9 Å². The smallest absolute Gasteiger partial charge is 0.251 e. The van der Waals surface area contributed by atoms with Crippen molar-refractivity contribution in [3.8, 4) is 0 Å². The number of nitrogens with zero attached hydrogens (tertiary/aromatic N) is 3. The van der Waals surface area contributed by atoms with Gasteiger partial charge in [-0.05, 0) is 30.0 Å². The first-order valence-electron chi connectivity index (χ1n) is 6.52. The van der Waals surface area contributed by atoms with Crippen molar-refractivity contribution in [1.29, 1.82) is 0 Å². The number of hydrogen-bond acceptors (Lipinski definition) is 3. The highest BCUT2D eigenvalue weighted by Gasteiger charge is 2.06. The Kier molecular flexibility index (Phi) is 3.45. The highest BCUT2D eigenvalue weighted by atomic mass is 16.1. The van der Waals surface area contributed by atoms with Crippen LogP contribution >= 0.6 is 0 Å². The minimum atomic E-state index is -0.0555. The summed E-state index contributed by atoms with van der Waals surface area (Å²) in [5.41, 5.74) is 1.64. The van der Waals surface area contributed by atoms with Crippen molar-refractivity contribution in [3.63, 3.8) is 0 Å². The maximum Gasteiger partial charge on any atom is 0.251 e. The summed E-state index contributed by atoms with van der Waals surface area (Å²) in [6.07, 6.45) is 6.13. The van der Waals surface area contributed by atoms with E-state index in [4.69, 9.17) is 0 Å². The zero-order valence-electron chi connectivity index (χ0n) is 10.9. The van der Waals surface area contributed by atoms with Crippen LogP contribution in [0.25, 0.3) is 10.9 Å². The normalized spacial score (nSPS) is 10.8. The lowest BCUT2D eigenvalue weighted by molar-refractivity contribution is 0.0952. The van der Waals surface area contributed by atoms with Crippen LogP contribution in [0.4, 0.5) is 0 Å². The fourth-order valence-electron chi connectivity index (χ4n) is 2.09. The number of carbonyl (C=O) groups is 1. The van der Waals surface area contributed by atoms with Gasteiger partial charge in [0.25, 0.3) is 5.91 Å². The van der Waals surface area contributed by atoms with E-state index in [1.54, 1.807) is 17.1 Å². The van der Waals surface area contributed by atoms with E-state index < -0.39 is 0 Å². The molecule has 0 atom stereocenters. The second kappa shape index (κ2) is 5.56. The van der Waals surface area contributed by atoms with E-state index in [9.17, 15) is 4.79 Å². The molecule has 0 radical (unpaired) electrons. The van der Waals surface area contributed by atoms with Crippen LogP contribution in [0, 0.1) is 0 Å². The second-order valence-corrected chi connectivity index (χ2v) is 4.56. The van der Waals surface area contributed by atoms with Crippen molar-refractivity contribution < 1.29 is 4.79 Å². The number of aromatic amines is 1. The summed E-state index contributed by atoms with van der Waals surface area (Å²) in [4.78, 5) is 15.1. The summed E-state index contributed by atoms with van der Waals surface area (Å²) in [6, 6.07) is 7.62. The van der Waals surface area contributed by atoms with E-state index in [1.807, 2.05) is 30.5 Å². The van der Waals surface area contributed by atoms with Crippen molar-refractivity contribution in [2.75, 3.05) is 6.54 Å². The van der Waals surface area contributed by atoms with Crippen molar-refractivity contribution in [3.05, 3.63) is 48.4 Å². The molecule has 0 bridgehead atoms. The monoisotopic (exact) mass is 269 g/mol. The maximum absolute atomic E-state index is 12.0. The molecule has 0 saturated carbocycles. The topological polar surface area (TPSA) is 75.6 Å². The number of aryl methyl sites for hydroxylation is 1. The number of rotatable bonds is 5. The second-order valence-electron chi connectivity index (χ2n) is 4.56. The average molecular weight is 269 g/mol. The molecule has 2 N–H and O–H groups in total. The predicted octanol–water partition coefficient (Wildman–Crippen LogP) is 1.58. The molecule has 1 amide bonds. The molecule has 0 aliphatic rings. The van der Waals surface area contributed by atoms with Gasteiger partial charge in [-0.15, -0.1) is 5.10 Å². The quantitative estimate of drug-likeness (QED) is 0.690. The van der Waals surface area contributed by atoms with Crippen molar-refractivity contribution in [2.24, 2.45) is 0 Å². The molecule has 102 valence electrons. The molecule has 0 saturated heterocycles. The van der Waals surface area contributed by atoms with Crippen LogP contribution in [-0.4, -0.2) is 32.4 Å². The Hall–Kier alpha value is -2.63. The zero-order valence-corrected chi connectivity index (χ0v) is 10.9. The standard InChI is InChI=1S/C14H15N5O/c20-14(16-5-1-8-19-9-7-17-18-19)12-3-2-11-4-6-15-13(11)10-12/h2-4,6-7,9-10,15H,1,5,8H2,(H,16,20). The third-order valence-corrected chi connectivity index (χ3v) is 3.14. The van der Waals surface area contributed by atoms with E-state index >= 15 is 0 Å². The van der Waals surface area contributed by atoms with Gasteiger partial charge in [-0.25, -0.2) is 0 Å². The van der Waals surface area contributed by atoms with E-state index in [2.05, 4.69) is 20.6 Å². The van der Waals surface area contributed by atoms with E-state index in [-0.39, 0.29) is 5.91 Å². The summed E-state index contributed by atoms with van der Waals surface area (Å²) in [5.74, 6) is -0.0555. The molecule has 6 nitrogen and oxygen atoms in total.